The predicted octanol–water partition coefficient (Wildman–Crippen LogP) is 1.50. The summed E-state index contributed by atoms with van der Waals surface area (Å²) in [6.45, 7) is 1.24. The van der Waals surface area contributed by atoms with E-state index >= 15 is 0 Å². The maximum absolute atomic E-state index is 12.4. The Hall–Kier alpha value is -1.75. The normalized spacial score (nSPS) is 15.6. The molecule has 0 bridgehead atoms. The molecule has 0 atom stereocenters. The fraction of sp³-hybridized carbons (Fsp3) is 0.462. The molecule has 2 N–H and O–H groups in total. The summed E-state index contributed by atoms with van der Waals surface area (Å²) in [5, 5.41) is 1.44. The molecule has 1 aromatic rings. The van der Waals surface area contributed by atoms with Gasteiger partial charge in [-0.2, -0.15) is 0 Å². The number of hydrogen-bond acceptors (Lipinski definition) is 4. The Morgan fingerprint density at radius 2 is 2.17 bits per heavy atom. The van der Waals surface area contributed by atoms with Crippen molar-refractivity contribution in [3.05, 3.63) is 23.8 Å². The van der Waals surface area contributed by atoms with E-state index in [0.717, 1.165) is 18.5 Å². The molecule has 98 valence electrons. The van der Waals surface area contributed by atoms with Crippen molar-refractivity contribution in [2.24, 2.45) is 0 Å². The van der Waals surface area contributed by atoms with Gasteiger partial charge in [0.25, 0.3) is 5.91 Å². The Labute approximate surface area is 107 Å². The summed E-state index contributed by atoms with van der Waals surface area (Å²) in [7, 11) is 3.80. The van der Waals surface area contributed by atoms with E-state index in [1.807, 2.05) is 25.1 Å². The second-order valence-electron chi connectivity index (χ2n) is 4.62. The molecule has 1 aliphatic heterocycles. The molecule has 0 radical (unpaired) electrons. The lowest BCUT2D eigenvalue weighted by Crippen LogP contribution is -2.36. The van der Waals surface area contributed by atoms with Crippen molar-refractivity contribution in [3.8, 4) is 0 Å². The second kappa shape index (κ2) is 5.27. The zero-order valence-electron chi connectivity index (χ0n) is 10.8. The number of amides is 1. The molecule has 1 heterocycles. The lowest BCUT2D eigenvalue weighted by Gasteiger charge is -2.27. The van der Waals surface area contributed by atoms with Crippen LogP contribution in [-0.2, 0) is 4.84 Å². The molecule has 1 aromatic carbocycles. The van der Waals surface area contributed by atoms with Gasteiger partial charge in [0.1, 0.15) is 0 Å². The van der Waals surface area contributed by atoms with E-state index in [9.17, 15) is 4.79 Å². The van der Waals surface area contributed by atoms with E-state index in [2.05, 4.69) is 0 Å². The van der Waals surface area contributed by atoms with Crippen LogP contribution >= 0.6 is 0 Å². The molecule has 18 heavy (non-hydrogen) atoms. The van der Waals surface area contributed by atoms with Gasteiger partial charge >= 0.3 is 0 Å². The topological polar surface area (TPSA) is 58.8 Å². The molecule has 0 saturated carbocycles. The lowest BCUT2D eigenvalue weighted by molar-refractivity contribution is -0.144. The fourth-order valence-corrected chi connectivity index (χ4v) is 2.01. The molecule has 5 nitrogen and oxygen atoms in total. The summed E-state index contributed by atoms with van der Waals surface area (Å²) in [6, 6.07) is 5.35. The van der Waals surface area contributed by atoms with Crippen molar-refractivity contribution >= 4 is 17.3 Å². The molecular formula is C13H19N3O2. The van der Waals surface area contributed by atoms with Gasteiger partial charge in [-0.15, -0.1) is 0 Å². The maximum Gasteiger partial charge on any atom is 0.279 e. The van der Waals surface area contributed by atoms with E-state index in [0.29, 0.717) is 24.4 Å². The zero-order chi connectivity index (χ0) is 13.1. The molecule has 1 fully saturated rings. The van der Waals surface area contributed by atoms with Crippen molar-refractivity contribution in [2.75, 3.05) is 37.9 Å². The quantitative estimate of drug-likeness (QED) is 0.807. The number of carbonyl (C=O) groups is 1. The van der Waals surface area contributed by atoms with Gasteiger partial charge < -0.3 is 10.6 Å². The van der Waals surface area contributed by atoms with Gasteiger partial charge in [0.2, 0.25) is 0 Å². The third-order valence-corrected chi connectivity index (χ3v) is 2.96. The van der Waals surface area contributed by atoms with Crippen LogP contribution in [0.15, 0.2) is 18.2 Å². The lowest BCUT2D eigenvalue weighted by atomic mass is 10.1. The molecular weight excluding hydrogens is 230 g/mol. The molecule has 1 amide bonds. The number of nitrogens with zero attached hydrogens (tertiary/aromatic N) is 2. The van der Waals surface area contributed by atoms with Crippen LogP contribution in [-0.4, -0.2) is 38.2 Å². The Bertz CT molecular complexity index is 440. The Morgan fingerprint density at radius 1 is 1.39 bits per heavy atom. The first-order valence-corrected chi connectivity index (χ1v) is 6.11. The van der Waals surface area contributed by atoms with Crippen LogP contribution in [0.25, 0.3) is 0 Å². The first-order chi connectivity index (χ1) is 8.59. The number of carbonyl (C=O) groups excluding carboxylic acids is 1. The molecule has 0 unspecified atom stereocenters. The summed E-state index contributed by atoms with van der Waals surface area (Å²) in [5.41, 5.74) is 7.78. The number of anilines is 2. The van der Waals surface area contributed by atoms with Crippen molar-refractivity contribution < 1.29 is 9.63 Å². The highest BCUT2D eigenvalue weighted by atomic mass is 16.7. The molecule has 0 aliphatic carbocycles. The average molecular weight is 249 g/mol. The minimum absolute atomic E-state index is 0.120. The first-order valence-electron chi connectivity index (χ1n) is 6.11. The van der Waals surface area contributed by atoms with Crippen LogP contribution in [0.2, 0.25) is 0 Å². The van der Waals surface area contributed by atoms with Crippen LogP contribution in [0.1, 0.15) is 23.2 Å². The minimum atomic E-state index is -0.120. The molecule has 5 heteroatoms. The van der Waals surface area contributed by atoms with Gasteiger partial charge in [-0.3, -0.25) is 9.63 Å². The molecule has 2 rings (SSSR count). The predicted molar refractivity (Wildman–Crippen MR) is 71.4 cm³/mol. The van der Waals surface area contributed by atoms with Crippen LogP contribution in [0.3, 0.4) is 0 Å². The van der Waals surface area contributed by atoms with E-state index in [4.69, 9.17) is 10.6 Å². The van der Waals surface area contributed by atoms with Gasteiger partial charge in [-0.25, -0.2) is 5.06 Å². The van der Waals surface area contributed by atoms with E-state index in [-0.39, 0.29) is 5.91 Å². The van der Waals surface area contributed by atoms with Gasteiger partial charge in [0, 0.05) is 32.0 Å². The average Bonchev–Trinajstić information content (AvgIpc) is 2.38. The third kappa shape index (κ3) is 2.56. The monoisotopic (exact) mass is 249 g/mol. The molecule has 0 spiro atoms. The van der Waals surface area contributed by atoms with E-state index < -0.39 is 0 Å². The van der Waals surface area contributed by atoms with Gasteiger partial charge in [0.15, 0.2) is 0 Å². The maximum atomic E-state index is 12.4. The SMILES string of the molecule is CN(C)c1ccc(N)cc1C(=O)N1CCCCO1. The van der Waals surface area contributed by atoms with Crippen molar-refractivity contribution in [1.82, 2.24) is 5.06 Å². The summed E-state index contributed by atoms with van der Waals surface area (Å²) in [5.74, 6) is -0.120. The summed E-state index contributed by atoms with van der Waals surface area (Å²) in [6.07, 6.45) is 1.98. The highest BCUT2D eigenvalue weighted by molar-refractivity contribution is 6.00. The highest BCUT2D eigenvalue weighted by Gasteiger charge is 2.22. The van der Waals surface area contributed by atoms with Crippen molar-refractivity contribution in [3.63, 3.8) is 0 Å². The Balaban J connectivity index is 2.30. The number of hydrogen-bond donors (Lipinski definition) is 1. The van der Waals surface area contributed by atoms with Crippen LogP contribution in [0.4, 0.5) is 11.4 Å². The van der Waals surface area contributed by atoms with Gasteiger partial charge in [-0.1, -0.05) is 0 Å². The van der Waals surface area contributed by atoms with E-state index in [1.54, 1.807) is 12.1 Å². The highest BCUT2D eigenvalue weighted by Crippen LogP contribution is 2.24. The van der Waals surface area contributed by atoms with Crippen molar-refractivity contribution in [1.29, 1.82) is 0 Å². The van der Waals surface area contributed by atoms with Gasteiger partial charge in [-0.05, 0) is 31.0 Å². The van der Waals surface area contributed by atoms with Crippen molar-refractivity contribution in [2.45, 2.75) is 12.8 Å². The summed E-state index contributed by atoms with van der Waals surface area (Å²) in [4.78, 5) is 19.7. The summed E-state index contributed by atoms with van der Waals surface area (Å²) >= 11 is 0. The molecule has 1 saturated heterocycles. The number of benzene rings is 1. The Morgan fingerprint density at radius 3 is 2.78 bits per heavy atom. The van der Waals surface area contributed by atoms with Crippen LogP contribution in [0, 0.1) is 0 Å². The zero-order valence-corrected chi connectivity index (χ0v) is 10.8. The second-order valence-corrected chi connectivity index (χ2v) is 4.62. The largest absolute Gasteiger partial charge is 0.399 e. The molecule has 0 aromatic heterocycles. The third-order valence-electron chi connectivity index (χ3n) is 2.96. The van der Waals surface area contributed by atoms with E-state index in [1.165, 1.54) is 5.06 Å². The first kappa shape index (κ1) is 12.7. The number of nitrogens with two attached hydrogens (primary N) is 1. The van der Waals surface area contributed by atoms with Crippen LogP contribution in [0.5, 0.6) is 0 Å². The van der Waals surface area contributed by atoms with Gasteiger partial charge in [0.05, 0.1) is 12.2 Å². The molecule has 1 aliphatic rings. The standard InChI is InChI=1S/C13H19N3O2/c1-15(2)12-6-5-10(14)9-11(12)13(17)16-7-3-4-8-18-16/h5-6,9H,3-4,7-8,14H2,1-2H3. The smallest absolute Gasteiger partial charge is 0.279 e. The van der Waals surface area contributed by atoms with Crippen LogP contribution < -0.4 is 10.6 Å². The number of hydroxylamine groups is 2. The summed E-state index contributed by atoms with van der Waals surface area (Å²) < 4.78 is 0. The Kier molecular flexibility index (Phi) is 3.72. The fourth-order valence-electron chi connectivity index (χ4n) is 2.01. The minimum Gasteiger partial charge on any atom is -0.399 e. The number of nitrogen functional groups attached to an aromatic ring is 1. The number of rotatable bonds is 2.